The molecular weight excluding hydrogens is 156 g/mol. The lowest BCUT2D eigenvalue weighted by Gasteiger charge is -1.90. The summed E-state index contributed by atoms with van der Waals surface area (Å²) in [6, 6.07) is 0. The highest BCUT2D eigenvalue weighted by atomic mass is 79.9. The third-order valence-electron chi connectivity index (χ3n) is 0.599. The molecule has 0 rings (SSSR count). The molecular formula is C5H9BrO. The third-order valence-corrected chi connectivity index (χ3v) is 1.16. The summed E-state index contributed by atoms with van der Waals surface area (Å²) in [7, 11) is 0. The molecule has 0 spiro atoms. The maximum atomic E-state index is 8.47. The number of aliphatic hydroxyl groups excluding tert-OH is 1. The van der Waals surface area contributed by atoms with E-state index in [-0.39, 0.29) is 5.76 Å². The van der Waals surface area contributed by atoms with Gasteiger partial charge in [0, 0.05) is 11.8 Å². The minimum absolute atomic E-state index is 0.277. The molecule has 0 aliphatic rings. The van der Waals surface area contributed by atoms with Gasteiger partial charge in [0.05, 0.1) is 5.76 Å². The lowest BCUT2D eigenvalue weighted by Crippen LogP contribution is -1.78. The van der Waals surface area contributed by atoms with Crippen molar-refractivity contribution in [3.05, 3.63) is 12.3 Å². The number of aliphatic hydroxyl groups is 1. The molecule has 0 bridgehead atoms. The third kappa shape index (κ3) is 6.02. The monoisotopic (exact) mass is 164 g/mol. The summed E-state index contributed by atoms with van der Waals surface area (Å²) in [6.45, 7) is 3.33. The van der Waals surface area contributed by atoms with Crippen molar-refractivity contribution in [1.82, 2.24) is 0 Å². The van der Waals surface area contributed by atoms with Gasteiger partial charge in [0.25, 0.3) is 0 Å². The Bertz CT molecular complexity index is 61.1. The molecule has 0 aromatic carbocycles. The molecule has 0 aromatic heterocycles. The van der Waals surface area contributed by atoms with E-state index < -0.39 is 0 Å². The van der Waals surface area contributed by atoms with Gasteiger partial charge >= 0.3 is 0 Å². The number of hydrogen-bond acceptors (Lipinski definition) is 1. The van der Waals surface area contributed by atoms with Gasteiger partial charge < -0.3 is 5.11 Å². The summed E-state index contributed by atoms with van der Waals surface area (Å²) in [5, 5.41) is 9.41. The molecule has 0 aliphatic heterocycles. The van der Waals surface area contributed by atoms with E-state index in [9.17, 15) is 0 Å². The maximum absolute atomic E-state index is 8.47. The van der Waals surface area contributed by atoms with Crippen LogP contribution in [0.25, 0.3) is 0 Å². The molecule has 0 fully saturated rings. The molecule has 0 radical (unpaired) electrons. The van der Waals surface area contributed by atoms with E-state index >= 15 is 0 Å². The first-order chi connectivity index (χ1) is 3.27. The van der Waals surface area contributed by atoms with Crippen molar-refractivity contribution in [3.8, 4) is 0 Å². The largest absolute Gasteiger partial charge is 0.513 e. The van der Waals surface area contributed by atoms with Crippen LogP contribution in [-0.4, -0.2) is 10.4 Å². The van der Waals surface area contributed by atoms with E-state index in [0.29, 0.717) is 6.42 Å². The lowest BCUT2D eigenvalue weighted by atomic mass is 10.3. The second-order valence-electron chi connectivity index (χ2n) is 1.36. The molecule has 0 aliphatic carbocycles. The van der Waals surface area contributed by atoms with Crippen molar-refractivity contribution in [3.63, 3.8) is 0 Å². The highest BCUT2D eigenvalue weighted by Crippen LogP contribution is 1.98. The van der Waals surface area contributed by atoms with Crippen LogP contribution in [0, 0.1) is 0 Å². The van der Waals surface area contributed by atoms with Gasteiger partial charge in [0.15, 0.2) is 0 Å². The van der Waals surface area contributed by atoms with Gasteiger partial charge in [-0.05, 0) is 6.42 Å². The lowest BCUT2D eigenvalue weighted by molar-refractivity contribution is 0.390. The molecule has 0 saturated heterocycles. The van der Waals surface area contributed by atoms with E-state index in [1.165, 1.54) is 0 Å². The predicted octanol–water partition coefficient (Wildman–Crippen LogP) is 2.23. The Morgan fingerprint density at radius 3 is 2.43 bits per heavy atom. The summed E-state index contributed by atoms with van der Waals surface area (Å²) in [6.07, 6.45) is 1.68. The van der Waals surface area contributed by atoms with Crippen LogP contribution in [0.15, 0.2) is 12.3 Å². The van der Waals surface area contributed by atoms with E-state index in [4.69, 9.17) is 5.11 Å². The second-order valence-corrected chi connectivity index (χ2v) is 2.15. The average Bonchev–Trinajstić information content (AvgIpc) is 1.61. The number of rotatable bonds is 3. The summed E-state index contributed by atoms with van der Waals surface area (Å²) in [4.78, 5) is 0. The first kappa shape index (κ1) is 7.02. The van der Waals surface area contributed by atoms with Gasteiger partial charge in [-0.15, -0.1) is 0 Å². The minimum atomic E-state index is 0.277. The van der Waals surface area contributed by atoms with Crippen molar-refractivity contribution in [2.45, 2.75) is 12.8 Å². The number of halogens is 1. The summed E-state index contributed by atoms with van der Waals surface area (Å²) >= 11 is 3.23. The van der Waals surface area contributed by atoms with Gasteiger partial charge in [0.1, 0.15) is 0 Å². The number of hydrogen-bond donors (Lipinski definition) is 1. The molecule has 0 amide bonds. The SMILES string of the molecule is C=C(O)CCCBr. The van der Waals surface area contributed by atoms with Crippen LogP contribution in [0.5, 0.6) is 0 Å². The molecule has 0 aromatic rings. The van der Waals surface area contributed by atoms with Crippen LogP contribution in [-0.2, 0) is 0 Å². The standard InChI is InChI=1S/C5H9BrO/c1-5(7)3-2-4-6/h7H,1-4H2. The van der Waals surface area contributed by atoms with Crippen LogP contribution in [0.3, 0.4) is 0 Å². The van der Waals surface area contributed by atoms with E-state index in [1.807, 2.05) is 0 Å². The summed E-state index contributed by atoms with van der Waals surface area (Å²) in [5.74, 6) is 0.277. The normalized spacial score (nSPS) is 8.71. The smallest absolute Gasteiger partial charge is 0.0851 e. The molecule has 42 valence electrons. The zero-order valence-corrected chi connectivity index (χ0v) is 5.74. The fourth-order valence-electron chi connectivity index (χ4n) is 0.271. The molecule has 2 heteroatoms. The van der Waals surface area contributed by atoms with Crippen molar-refractivity contribution in [2.24, 2.45) is 0 Å². The van der Waals surface area contributed by atoms with Crippen LogP contribution < -0.4 is 0 Å². The zero-order valence-electron chi connectivity index (χ0n) is 4.15. The van der Waals surface area contributed by atoms with E-state index in [1.54, 1.807) is 0 Å². The Hall–Kier alpha value is 0.0200. The van der Waals surface area contributed by atoms with E-state index in [0.717, 1.165) is 11.8 Å². The van der Waals surface area contributed by atoms with Gasteiger partial charge in [-0.1, -0.05) is 22.5 Å². The van der Waals surface area contributed by atoms with Gasteiger partial charge in [-0.2, -0.15) is 0 Å². The predicted molar refractivity (Wildman–Crippen MR) is 34.8 cm³/mol. The van der Waals surface area contributed by atoms with Gasteiger partial charge in [-0.3, -0.25) is 0 Å². The fraction of sp³-hybridized carbons (Fsp3) is 0.600. The number of alkyl halides is 1. The Morgan fingerprint density at radius 1 is 1.71 bits per heavy atom. The van der Waals surface area contributed by atoms with Crippen molar-refractivity contribution in [2.75, 3.05) is 5.33 Å². The molecule has 7 heavy (non-hydrogen) atoms. The second kappa shape index (κ2) is 4.19. The van der Waals surface area contributed by atoms with Gasteiger partial charge in [-0.25, -0.2) is 0 Å². The summed E-state index contributed by atoms with van der Waals surface area (Å²) in [5.41, 5.74) is 0. The molecule has 1 nitrogen and oxygen atoms in total. The Balaban J connectivity index is 2.82. The quantitative estimate of drug-likeness (QED) is 0.502. The first-order valence-corrected chi connectivity index (χ1v) is 3.32. The minimum Gasteiger partial charge on any atom is -0.513 e. The zero-order chi connectivity index (χ0) is 5.70. The molecule has 1 N–H and O–H groups in total. The Labute approximate surface area is 52.2 Å². The molecule has 0 saturated carbocycles. The van der Waals surface area contributed by atoms with E-state index in [2.05, 4.69) is 22.5 Å². The summed E-state index contributed by atoms with van der Waals surface area (Å²) < 4.78 is 0. The highest BCUT2D eigenvalue weighted by Gasteiger charge is 1.84. The van der Waals surface area contributed by atoms with Gasteiger partial charge in [0.2, 0.25) is 0 Å². The average molecular weight is 165 g/mol. The van der Waals surface area contributed by atoms with Crippen molar-refractivity contribution in [1.29, 1.82) is 0 Å². The van der Waals surface area contributed by atoms with Crippen LogP contribution in [0.4, 0.5) is 0 Å². The van der Waals surface area contributed by atoms with Crippen molar-refractivity contribution < 1.29 is 5.11 Å². The molecule has 0 unspecified atom stereocenters. The maximum Gasteiger partial charge on any atom is 0.0851 e. The van der Waals surface area contributed by atoms with Crippen molar-refractivity contribution >= 4 is 15.9 Å². The molecule has 0 atom stereocenters. The van der Waals surface area contributed by atoms with Crippen LogP contribution in [0.2, 0.25) is 0 Å². The highest BCUT2D eigenvalue weighted by molar-refractivity contribution is 9.09. The Kier molecular flexibility index (Phi) is 4.20. The topological polar surface area (TPSA) is 20.2 Å². The fourth-order valence-corrected chi connectivity index (χ4v) is 0.551. The molecule has 0 heterocycles. The number of allylic oxidation sites excluding steroid dienone is 1. The van der Waals surface area contributed by atoms with Crippen LogP contribution >= 0.6 is 15.9 Å². The van der Waals surface area contributed by atoms with Crippen LogP contribution in [0.1, 0.15) is 12.8 Å². The first-order valence-electron chi connectivity index (χ1n) is 2.20. The Morgan fingerprint density at radius 2 is 2.29 bits per heavy atom.